The first-order valence-corrected chi connectivity index (χ1v) is 11.3. The molecule has 0 aliphatic carbocycles. The molecule has 3 rings (SSSR count). The Morgan fingerprint density at radius 2 is 1.81 bits per heavy atom. The number of anilines is 2. The first-order valence-electron chi connectivity index (χ1n) is 9.41. The molecule has 3 aromatic rings. The van der Waals surface area contributed by atoms with Crippen molar-refractivity contribution < 1.29 is 17.9 Å². The van der Waals surface area contributed by atoms with E-state index in [2.05, 4.69) is 25.3 Å². The van der Waals surface area contributed by atoms with Crippen LogP contribution in [0.5, 0.6) is 5.88 Å². The second-order valence-electron chi connectivity index (χ2n) is 6.68. The zero-order chi connectivity index (χ0) is 23.1. The SMILES string of the molecule is COc1cc(NS(=O)(=O)c2ccc(NC(=S)NC(=O)Cc3ccccc3C)cc2)ncn1. The van der Waals surface area contributed by atoms with E-state index in [4.69, 9.17) is 17.0 Å². The summed E-state index contributed by atoms with van der Waals surface area (Å²) in [7, 11) is -2.45. The van der Waals surface area contributed by atoms with E-state index in [0.29, 0.717) is 5.69 Å². The molecule has 1 aromatic heterocycles. The summed E-state index contributed by atoms with van der Waals surface area (Å²) in [5, 5.41) is 5.60. The summed E-state index contributed by atoms with van der Waals surface area (Å²) in [5.41, 5.74) is 2.46. The maximum atomic E-state index is 12.6. The molecule has 0 fully saturated rings. The zero-order valence-electron chi connectivity index (χ0n) is 17.3. The number of ether oxygens (including phenoxy) is 1. The van der Waals surface area contributed by atoms with Gasteiger partial charge in [-0.25, -0.2) is 18.4 Å². The third-order valence-electron chi connectivity index (χ3n) is 4.38. The van der Waals surface area contributed by atoms with E-state index in [1.54, 1.807) is 0 Å². The molecule has 0 aliphatic heterocycles. The predicted octanol–water partition coefficient (Wildman–Crippen LogP) is 2.65. The standard InChI is InChI=1S/C21H21N5O4S2/c1-14-5-3-4-6-15(14)11-19(27)25-21(31)24-16-7-9-17(10-8-16)32(28,29)26-18-12-20(30-2)23-13-22-18/h3-10,12-13H,11H2,1-2H3,(H,22,23,26)(H2,24,25,27,31). The van der Waals surface area contributed by atoms with E-state index in [0.717, 1.165) is 11.1 Å². The molecule has 0 aliphatic rings. The molecule has 9 nitrogen and oxygen atoms in total. The van der Waals surface area contributed by atoms with E-state index >= 15 is 0 Å². The topological polar surface area (TPSA) is 122 Å². The molecule has 0 unspecified atom stereocenters. The molecule has 0 saturated carbocycles. The van der Waals surface area contributed by atoms with Crippen LogP contribution in [-0.4, -0.2) is 36.5 Å². The average Bonchev–Trinajstić information content (AvgIpc) is 2.75. The number of benzene rings is 2. The van der Waals surface area contributed by atoms with Crippen molar-refractivity contribution >= 4 is 44.8 Å². The first-order chi connectivity index (χ1) is 15.3. The summed E-state index contributed by atoms with van der Waals surface area (Å²) in [6.07, 6.45) is 1.39. The number of amides is 1. The monoisotopic (exact) mass is 471 g/mol. The highest BCUT2D eigenvalue weighted by molar-refractivity contribution is 7.92. The van der Waals surface area contributed by atoms with E-state index in [9.17, 15) is 13.2 Å². The molecule has 0 saturated heterocycles. The maximum absolute atomic E-state index is 12.6. The summed E-state index contributed by atoms with van der Waals surface area (Å²) < 4.78 is 32.5. The number of thiocarbonyl (C=S) groups is 1. The molecule has 0 bridgehead atoms. The second kappa shape index (κ2) is 10.2. The zero-order valence-corrected chi connectivity index (χ0v) is 19.0. The van der Waals surface area contributed by atoms with Crippen molar-refractivity contribution in [1.82, 2.24) is 15.3 Å². The van der Waals surface area contributed by atoms with Gasteiger partial charge in [0.15, 0.2) is 5.11 Å². The van der Waals surface area contributed by atoms with E-state index in [1.165, 1.54) is 43.8 Å². The first kappa shape index (κ1) is 23.1. The van der Waals surface area contributed by atoms with Crippen molar-refractivity contribution in [2.24, 2.45) is 0 Å². The third-order valence-corrected chi connectivity index (χ3v) is 5.95. The molecule has 0 radical (unpaired) electrons. The van der Waals surface area contributed by atoms with Crippen LogP contribution in [0.25, 0.3) is 0 Å². The molecule has 2 aromatic carbocycles. The molecular weight excluding hydrogens is 450 g/mol. The molecule has 1 heterocycles. The van der Waals surface area contributed by atoms with Crippen LogP contribution in [0.4, 0.5) is 11.5 Å². The summed E-state index contributed by atoms with van der Waals surface area (Å²) >= 11 is 5.18. The number of rotatable bonds is 7. The van der Waals surface area contributed by atoms with Crippen molar-refractivity contribution in [3.05, 3.63) is 72.1 Å². The fraction of sp³-hybridized carbons (Fsp3) is 0.143. The smallest absolute Gasteiger partial charge is 0.263 e. The van der Waals surface area contributed by atoms with Gasteiger partial charge in [-0.1, -0.05) is 24.3 Å². The third kappa shape index (κ3) is 6.22. The lowest BCUT2D eigenvalue weighted by molar-refractivity contribution is -0.119. The summed E-state index contributed by atoms with van der Waals surface area (Å²) in [4.78, 5) is 19.9. The van der Waals surface area contributed by atoms with Gasteiger partial charge in [-0.2, -0.15) is 0 Å². The second-order valence-corrected chi connectivity index (χ2v) is 8.77. The predicted molar refractivity (Wildman–Crippen MR) is 125 cm³/mol. The number of nitrogens with one attached hydrogen (secondary N) is 3. The number of carbonyl (C=O) groups excluding carboxylic acids is 1. The van der Waals surface area contributed by atoms with Crippen molar-refractivity contribution in [1.29, 1.82) is 0 Å². The number of hydrogen-bond donors (Lipinski definition) is 3. The highest BCUT2D eigenvalue weighted by Crippen LogP contribution is 2.18. The molecule has 32 heavy (non-hydrogen) atoms. The lowest BCUT2D eigenvalue weighted by atomic mass is 10.1. The molecule has 0 spiro atoms. The van der Waals surface area contributed by atoms with Gasteiger partial charge < -0.3 is 15.4 Å². The number of nitrogens with zero attached hydrogens (tertiary/aromatic N) is 2. The Labute approximate surface area is 191 Å². The van der Waals surface area contributed by atoms with Crippen molar-refractivity contribution in [3.8, 4) is 5.88 Å². The number of aryl methyl sites for hydroxylation is 1. The van der Waals surface area contributed by atoms with Gasteiger partial charge in [0.25, 0.3) is 10.0 Å². The van der Waals surface area contributed by atoms with Crippen molar-refractivity contribution in [2.75, 3.05) is 17.1 Å². The Hall–Kier alpha value is -3.57. The van der Waals surface area contributed by atoms with Crippen LogP contribution in [-0.2, 0) is 21.2 Å². The minimum Gasteiger partial charge on any atom is -0.481 e. The minimum atomic E-state index is -3.87. The Bertz CT molecular complexity index is 1230. The fourth-order valence-electron chi connectivity index (χ4n) is 2.74. The van der Waals surface area contributed by atoms with Crippen LogP contribution in [0.1, 0.15) is 11.1 Å². The Balaban J connectivity index is 1.59. The Morgan fingerprint density at radius 1 is 1.09 bits per heavy atom. The van der Waals surface area contributed by atoms with Gasteiger partial charge in [-0.05, 0) is 54.5 Å². The van der Waals surface area contributed by atoms with Gasteiger partial charge in [0, 0.05) is 11.8 Å². The molecule has 3 N–H and O–H groups in total. The molecule has 1 amide bonds. The van der Waals surface area contributed by atoms with Gasteiger partial charge in [-0.3, -0.25) is 9.52 Å². The van der Waals surface area contributed by atoms with Crippen LogP contribution < -0.4 is 20.1 Å². The number of aromatic nitrogens is 2. The molecule has 166 valence electrons. The normalized spacial score (nSPS) is 10.8. The largest absolute Gasteiger partial charge is 0.481 e. The average molecular weight is 472 g/mol. The Morgan fingerprint density at radius 3 is 2.50 bits per heavy atom. The van der Waals surface area contributed by atoms with Crippen LogP contribution in [0, 0.1) is 6.92 Å². The molecule has 0 atom stereocenters. The van der Waals surface area contributed by atoms with Crippen LogP contribution in [0.3, 0.4) is 0 Å². The summed E-state index contributed by atoms with van der Waals surface area (Å²) in [6, 6.07) is 14.8. The summed E-state index contributed by atoms with van der Waals surface area (Å²) in [5.74, 6) is 0.0623. The van der Waals surface area contributed by atoms with E-state index < -0.39 is 10.0 Å². The fourth-order valence-corrected chi connectivity index (χ4v) is 3.97. The van der Waals surface area contributed by atoms with Gasteiger partial charge in [0.1, 0.15) is 12.1 Å². The van der Waals surface area contributed by atoms with Crippen LogP contribution >= 0.6 is 12.2 Å². The quantitative estimate of drug-likeness (QED) is 0.450. The highest BCUT2D eigenvalue weighted by atomic mass is 32.2. The van der Waals surface area contributed by atoms with Gasteiger partial charge in [0.05, 0.1) is 18.4 Å². The number of hydrogen-bond acceptors (Lipinski definition) is 7. The van der Waals surface area contributed by atoms with Gasteiger partial charge in [-0.15, -0.1) is 0 Å². The number of sulfonamides is 1. The van der Waals surface area contributed by atoms with E-state index in [-0.39, 0.29) is 34.0 Å². The van der Waals surface area contributed by atoms with E-state index in [1.807, 2.05) is 31.2 Å². The maximum Gasteiger partial charge on any atom is 0.263 e. The van der Waals surface area contributed by atoms with Crippen LogP contribution in [0.2, 0.25) is 0 Å². The Kier molecular flexibility index (Phi) is 7.33. The van der Waals surface area contributed by atoms with Gasteiger partial charge >= 0.3 is 0 Å². The number of carbonyl (C=O) groups is 1. The number of methoxy groups -OCH3 is 1. The molecular formula is C21H21N5O4S2. The summed E-state index contributed by atoms with van der Waals surface area (Å²) in [6.45, 7) is 1.94. The van der Waals surface area contributed by atoms with Gasteiger partial charge in [0.2, 0.25) is 11.8 Å². The molecule has 11 heteroatoms. The highest BCUT2D eigenvalue weighted by Gasteiger charge is 2.16. The lowest BCUT2D eigenvalue weighted by Crippen LogP contribution is -2.35. The van der Waals surface area contributed by atoms with Crippen LogP contribution in [0.15, 0.2) is 65.8 Å². The minimum absolute atomic E-state index is 0.0233. The van der Waals surface area contributed by atoms with Crippen molar-refractivity contribution in [3.63, 3.8) is 0 Å². The lowest BCUT2D eigenvalue weighted by Gasteiger charge is -2.12. The van der Waals surface area contributed by atoms with Crippen molar-refractivity contribution in [2.45, 2.75) is 18.2 Å².